The van der Waals surface area contributed by atoms with E-state index in [0.29, 0.717) is 18.7 Å². The molecule has 19 heavy (non-hydrogen) atoms. The summed E-state index contributed by atoms with van der Waals surface area (Å²) in [5, 5.41) is 13.0. The highest BCUT2D eigenvalue weighted by Crippen LogP contribution is 2.19. The van der Waals surface area contributed by atoms with E-state index in [-0.39, 0.29) is 11.8 Å². The molecule has 0 radical (unpaired) electrons. The first-order valence-electron chi connectivity index (χ1n) is 6.26. The lowest BCUT2D eigenvalue weighted by atomic mass is 9.98. The predicted molar refractivity (Wildman–Crippen MR) is 67.2 cm³/mol. The molecule has 0 N–H and O–H groups in total. The number of nitriles is 1. The number of hydrogen-bond acceptors (Lipinski definition) is 4. The fourth-order valence-corrected chi connectivity index (χ4v) is 2.38. The van der Waals surface area contributed by atoms with E-state index in [1.54, 1.807) is 34.2 Å². The van der Waals surface area contributed by atoms with Crippen molar-refractivity contribution >= 4 is 11.4 Å². The van der Waals surface area contributed by atoms with E-state index in [0.717, 1.165) is 18.4 Å². The van der Waals surface area contributed by atoms with E-state index in [9.17, 15) is 4.79 Å². The molecule has 6 nitrogen and oxygen atoms in total. The Kier molecular flexibility index (Phi) is 2.88. The molecule has 0 bridgehead atoms. The summed E-state index contributed by atoms with van der Waals surface area (Å²) < 4.78 is 1.64. The van der Waals surface area contributed by atoms with Crippen molar-refractivity contribution in [1.29, 1.82) is 5.26 Å². The van der Waals surface area contributed by atoms with Crippen LogP contribution in [0.2, 0.25) is 0 Å². The van der Waals surface area contributed by atoms with Crippen LogP contribution in [-0.4, -0.2) is 38.5 Å². The zero-order valence-electron chi connectivity index (χ0n) is 10.4. The van der Waals surface area contributed by atoms with Crippen molar-refractivity contribution in [1.82, 2.24) is 19.5 Å². The summed E-state index contributed by atoms with van der Waals surface area (Å²) in [6, 6.07) is 2.26. The topological polar surface area (TPSA) is 74.3 Å². The van der Waals surface area contributed by atoms with Gasteiger partial charge in [0.15, 0.2) is 0 Å². The number of piperidine rings is 1. The number of likely N-dealkylation sites (tertiary alicyclic amines) is 1. The molecule has 3 rings (SSSR count). The SMILES string of the molecule is N#CC1CCN(C(=O)c2cnn3ccncc23)CC1. The summed E-state index contributed by atoms with van der Waals surface area (Å²) in [4.78, 5) is 18.2. The van der Waals surface area contributed by atoms with Crippen molar-refractivity contribution in [2.75, 3.05) is 13.1 Å². The summed E-state index contributed by atoms with van der Waals surface area (Å²) in [5.74, 6) is 0.0500. The van der Waals surface area contributed by atoms with Crippen molar-refractivity contribution in [2.45, 2.75) is 12.8 Å². The average molecular weight is 255 g/mol. The molecule has 1 aliphatic rings. The molecular weight excluding hydrogens is 242 g/mol. The molecule has 1 saturated heterocycles. The van der Waals surface area contributed by atoms with Gasteiger partial charge in [-0.25, -0.2) is 4.52 Å². The Balaban J connectivity index is 1.83. The van der Waals surface area contributed by atoms with E-state index in [2.05, 4.69) is 16.2 Å². The van der Waals surface area contributed by atoms with Crippen LogP contribution < -0.4 is 0 Å². The van der Waals surface area contributed by atoms with E-state index in [1.165, 1.54) is 0 Å². The van der Waals surface area contributed by atoms with Gasteiger partial charge in [0.1, 0.15) is 0 Å². The number of fused-ring (bicyclic) bond motifs is 1. The lowest BCUT2D eigenvalue weighted by Crippen LogP contribution is -2.38. The van der Waals surface area contributed by atoms with Gasteiger partial charge >= 0.3 is 0 Å². The van der Waals surface area contributed by atoms with Gasteiger partial charge < -0.3 is 4.90 Å². The number of amides is 1. The minimum absolute atomic E-state index is 0.0283. The fourth-order valence-electron chi connectivity index (χ4n) is 2.38. The van der Waals surface area contributed by atoms with Crippen LogP contribution in [0.25, 0.3) is 5.52 Å². The van der Waals surface area contributed by atoms with Crippen molar-refractivity contribution in [2.24, 2.45) is 5.92 Å². The highest BCUT2D eigenvalue weighted by molar-refractivity contribution is 6.00. The largest absolute Gasteiger partial charge is 0.338 e. The summed E-state index contributed by atoms with van der Waals surface area (Å²) in [6.45, 7) is 1.27. The van der Waals surface area contributed by atoms with Gasteiger partial charge in [-0.05, 0) is 12.8 Å². The van der Waals surface area contributed by atoms with E-state index in [4.69, 9.17) is 5.26 Å². The molecule has 6 heteroatoms. The van der Waals surface area contributed by atoms with Gasteiger partial charge in [-0.3, -0.25) is 9.78 Å². The molecule has 0 atom stereocenters. The number of hydrogen-bond donors (Lipinski definition) is 0. The Morgan fingerprint density at radius 3 is 2.89 bits per heavy atom. The standard InChI is InChI=1S/C13H13N5O/c14-7-10-1-4-17(5-2-10)13(19)11-8-16-18-6-3-15-9-12(11)18/h3,6,8-10H,1-2,4-5H2. The van der Waals surface area contributed by atoms with Gasteiger partial charge in [-0.15, -0.1) is 0 Å². The van der Waals surface area contributed by atoms with Gasteiger partial charge in [0, 0.05) is 31.4 Å². The Bertz CT molecular complexity index is 648. The van der Waals surface area contributed by atoms with Crippen LogP contribution in [0.5, 0.6) is 0 Å². The molecule has 0 aliphatic carbocycles. The molecule has 3 heterocycles. The smallest absolute Gasteiger partial charge is 0.257 e. The Morgan fingerprint density at radius 1 is 1.37 bits per heavy atom. The van der Waals surface area contributed by atoms with Gasteiger partial charge in [-0.2, -0.15) is 10.4 Å². The Labute approximate surface area is 110 Å². The molecule has 0 unspecified atom stereocenters. The highest BCUT2D eigenvalue weighted by Gasteiger charge is 2.25. The van der Waals surface area contributed by atoms with Crippen LogP contribution in [0.1, 0.15) is 23.2 Å². The first kappa shape index (κ1) is 11.7. The lowest BCUT2D eigenvalue weighted by Gasteiger charge is -2.28. The van der Waals surface area contributed by atoms with Crippen LogP contribution in [0.15, 0.2) is 24.8 Å². The normalized spacial score (nSPS) is 16.5. The zero-order valence-corrected chi connectivity index (χ0v) is 10.4. The summed E-state index contributed by atoms with van der Waals surface area (Å²) in [5.41, 5.74) is 1.29. The molecule has 0 aromatic carbocycles. The van der Waals surface area contributed by atoms with Crippen LogP contribution in [0, 0.1) is 17.2 Å². The van der Waals surface area contributed by atoms with Gasteiger partial charge in [0.05, 0.1) is 29.5 Å². The van der Waals surface area contributed by atoms with Crippen LogP contribution in [0.3, 0.4) is 0 Å². The third-order valence-electron chi connectivity index (χ3n) is 3.52. The maximum atomic E-state index is 12.4. The molecule has 2 aromatic rings. The third kappa shape index (κ3) is 2.03. The second kappa shape index (κ2) is 4.69. The number of aromatic nitrogens is 3. The fraction of sp³-hybridized carbons (Fsp3) is 0.385. The van der Waals surface area contributed by atoms with Crippen molar-refractivity contribution in [3.8, 4) is 6.07 Å². The van der Waals surface area contributed by atoms with Gasteiger partial charge in [-0.1, -0.05) is 0 Å². The van der Waals surface area contributed by atoms with Gasteiger partial charge in [0.2, 0.25) is 0 Å². The Morgan fingerprint density at radius 2 is 2.16 bits per heavy atom. The first-order valence-corrected chi connectivity index (χ1v) is 6.26. The molecule has 96 valence electrons. The summed E-state index contributed by atoms with van der Waals surface area (Å²) >= 11 is 0. The second-order valence-electron chi connectivity index (χ2n) is 4.66. The van der Waals surface area contributed by atoms with Crippen LogP contribution in [0.4, 0.5) is 0 Å². The minimum Gasteiger partial charge on any atom is -0.338 e. The molecule has 1 amide bonds. The average Bonchev–Trinajstić information content (AvgIpc) is 2.90. The zero-order chi connectivity index (χ0) is 13.2. The molecule has 1 fully saturated rings. The number of carbonyl (C=O) groups is 1. The van der Waals surface area contributed by atoms with E-state index >= 15 is 0 Å². The number of nitrogens with zero attached hydrogens (tertiary/aromatic N) is 5. The molecule has 1 aliphatic heterocycles. The lowest BCUT2D eigenvalue weighted by molar-refractivity contribution is 0.0709. The first-order chi connectivity index (χ1) is 9.29. The minimum atomic E-state index is -0.0283. The number of carbonyl (C=O) groups excluding carboxylic acids is 1. The monoisotopic (exact) mass is 255 g/mol. The predicted octanol–water partition coefficient (Wildman–Crippen LogP) is 1.11. The Hall–Kier alpha value is -2.42. The summed E-state index contributed by atoms with van der Waals surface area (Å²) in [7, 11) is 0. The van der Waals surface area contributed by atoms with Crippen LogP contribution in [-0.2, 0) is 0 Å². The van der Waals surface area contributed by atoms with E-state index < -0.39 is 0 Å². The maximum absolute atomic E-state index is 12.4. The third-order valence-corrected chi connectivity index (χ3v) is 3.52. The van der Waals surface area contributed by atoms with E-state index in [1.807, 2.05) is 0 Å². The van der Waals surface area contributed by atoms with Crippen molar-refractivity contribution in [3.63, 3.8) is 0 Å². The van der Waals surface area contributed by atoms with Gasteiger partial charge in [0.25, 0.3) is 5.91 Å². The van der Waals surface area contributed by atoms with Crippen molar-refractivity contribution in [3.05, 3.63) is 30.4 Å². The second-order valence-corrected chi connectivity index (χ2v) is 4.66. The molecule has 2 aromatic heterocycles. The molecule has 0 saturated carbocycles. The van der Waals surface area contributed by atoms with Crippen molar-refractivity contribution < 1.29 is 4.79 Å². The molecule has 0 spiro atoms. The summed E-state index contributed by atoms with van der Waals surface area (Å²) in [6.07, 6.45) is 8.07. The number of rotatable bonds is 1. The highest BCUT2D eigenvalue weighted by atomic mass is 16.2. The quantitative estimate of drug-likeness (QED) is 0.765. The van der Waals surface area contributed by atoms with Crippen LogP contribution >= 0.6 is 0 Å². The maximum Gasteiger partial charge on any atom is 0.257 e. The molecular formula is C13H13N5O.